The van der Waals surface area contributed by atoms with Gasteiger partial charge in [0.05, 0.1) is 14.1 Å². The Kier molecular flexibility index (Phi) is 7.77. The third-order valence-corrected chi connectivity index (χ3v) is 9.77. The molecule has 12 heteroatoms. The van der Waals surface area contributed by atoms with E-state index in [1.165, 1.54) is 6.07 Å². The summed E-state index contributed by atoms with van der Waals surface area (Å²) in [6.07, 6.45) is 1.12. The maximum atomic E-state index is 13.7. The van der Waals surface area contributed by atoms with Crippen molar-refractivity contribution in [3.05, 3.63) is 80.5 Å². The van der Waals surface area contributed by atoms with Gasteiger partial charge in [0.25, 0.3) is 5.91 Å². The van der Waals surface area contributed by atoms with E-state index in [1.807, 2.05) is 24.3 Å². The fraction of sp³-hybridized carbons (Fsp3) is 0.296. The average Bonchev–Trinajstić information content (AvgIpc) is 3.65. The smallest absolute Gasteiger partial charge is 0.261 e. The van der Waals surface area contributed by atoms with E-state index in [0.29, 0.717) is 52.9 Å². The number of hydrogen-bond donors (Lipinski definition) is 2. The summed E-state index contributed by atoms with van der Waals surface area (Å²) >= 11 is 7.03. The minimum Gasteiger partial charge on any atom is -0.349 e. The zero-order valence-corrected chi connectivity index (χ0v) is 23.5. The highest BCUT2D eigenvalue weighted by molar-refractivity contribution is 7.89. The zero-order chi connectivity index (χ0) is 27.7. The molecular formula is C27H27ClN4O5S2. The average molecular weight is 587 g/mol. The SMILES string of the molecule is Cc1c(N2CCCC2=O)cccc1S(=O)(=O)N[C@@H](CNC(=O)c1ccc(Cl)s1)C(=O)N1Cc2ccccc2C1. The van der Waals surface area contributed by atoms with Gasteiger partial charge in [-0.25, -0.2) is 8.42 Å². The number of sulfonamides is 1. The molecule has 1 fully saturated rings. The molecule has 0 unspecified atom stereocenters. The monoisotopic (exact) mass is 586 g/mol. The maximum absolute atomic E-state index is 13.7. The van der Waals surface area contributed by atoms with Crippen LogP contribution in [-0.4, -0.2) is 50.2 Å². The van der Waals surface area contributed by atoms with Gasteiger partial charge in [-0.1, -0.05) is 41.9 Å². The van der Waals surface area contributed by atoms with Gasteiger partial charge in [0.1, 0.15) is 6.04 Å². The lowest BCUT2D eigenvalue weighted by Crippen LogP contribution is -2.52. The summed E-state index contributed by atoms with van der Waals surface area (Å²) in [7, 11) is -4.22. The molecule has 2 aromatic carbocycles. The number of halogens is 1. The van der Waals surface area contributed by atoms with Crippen LogP contribution in [0.4, 0.5) is 5.69 Å². The molecule has 1 saturated heterocycles. The Labute approximate surface area is 235 Å². The topological polar surface area (TPSA) is 116 Å². The fourth-order valence-corrected chi connectivity index (χ4v) is 7.36. The van der Waals surface area contributed by atoms with Gasteiger partial charge in [-0.15, -0.1) is 11.3 Å². The molecule has 1 atom stereocenters. The maximum Gasteiger partial charge on any atom is 0.261 e. The molecule has 2 aliphatic rings. The molecule has 0 spiro atoms. The molecule has 204 valence electrons. The highest BCUT2D eigenvalue weighted by Crippen LogP contribution is 2.30. The highest BCUT2D eigenvalue weighted by Gasteiger charge is 2.34. The quantitative estimate of drug-likeness (QED) is 0.419. The summed E-state index contributed by atoms with van der Waals surface area (Å²) in [6.45, 7) is 2.58. The van der Waals surface area contributed by atoms with Crippen LogP contribution in [0.2, 0.25) is 4.34 Å². The number of carbonyl (C=O) groups excluding carboxylic acids is 3. The van der Waals surface area contributed by atoms with Crippen LogP contribution in [0.25, 0.3) is 0 Å². The Bertz CT molecular complexity index is 1530. The van der Waals surface area contributed by atoms with Gasteiger partial charge in [0.2, 0.25) is 21.8 Å². The van der Waals surface area contributed by atoms with Crippen LogP contribution in [0.3, 0.4) is 0 Å². The number of nitrogens with zero attached hydrogens (tertiary/aromatic N) is 2. The summed E-state index contributed by atoms with van der Waals surface area (Å²) in [6, 6.07) is 14.3. The van der Waals surface area contributed by atoms with Crippen molar-refractivity contribution >= 4 is 56.4 Å². The number of hydrogen-bond acceptors (Lipinski definition) is 6. The number of thiophene rings is 1. The van der Waals surface area contributed by atoms with Crippen molar-refractivity contribution in [1.29, 1.82) is 0 Å². The number of amides is 3. The van der Waals surface area contributed by atoms with Crippen molar-refractivity contribution in [2.75, 3.05) is 18.0 Å². The van der Waals surface area contributed by atoms with E-state index in [0.717, 1.165) is 22.5 Å². The molecule has 2 aliphatic heterocycles. The summed E-state index contributed by atoms with van der Waals surface area (Å²) in [5, 5.41) is 2.67. The number of rotatable bonds is 8. The van der Waals surface area contributed by atoms with Crippen molar-refractivity contribution in [2.24, 2.45) is 0 Å². The van der Waals surface area contributed by atoms with Gasteiger partial charge in [-0.05, 0) is 54.3 Å². The summed E-state index contributed by atoms with van der Waals surface area (Å²) < 4.78 is 30.3. The lowest BCUT2D eigenvalue weighted by Gasteiger charge is -2.25. The Hall–Kier alpha value is -3.25. The van der Waals surface area contributed by atoms with Crippen molar-refractivity contribution in [1.82, 2.24) is 14.9 Å². The first-order valence-corrected chi connectivity index (χ1v) is 15.1. The number of benzene rings is 2. The van der Waals surface area contributed by atoms with Crippen LogP contribution >= 0.6 is 22.9 Å². The molecule has 3 amide bonds. The Morgan fingerprint density at radius 1 is 1.05 bits per heavy atom. The normalized spacial score (nSPS) is 15.9. The second-order valence-corrected chi connectivity index (χ2v) is 12.9. The van der Waals surface area contributed by atoms with Crippen LogP contribution in [0.1, 0.15) is 39.2 Å². The lowest BCUT2D eigenvalue weighted by atomic mass is 10.1. The second-order valence-electron chi connectivity index (χ2n) is 9.50. The van der Waals surface area contributed by atoms with Gasteiger partial charge in [0.15, 0.2) is 0 Å². The third-order valence-electron chi connectivity index (χ3n) is 6.92. The van der Waals surface area contributed by atoms with E-state index in [-0.39, 0.29) is 17.3 Å². The Balaban J connectivity index is 1.40. The molecule has 1 aromatic heterocycles. The first-order valence-electron chi connectivity index (χ1n) is 12.5. The largest absolute Gasteiger partial charge is 0.349 e. The summed E-state index contributed by atoms with van der Waals surface area (Å²) in [5.74, 6) is -0.971. The molecule has 0 radical (unpaired) electrons. The van der Waals surface area contributed by atoms with E-state index < -0.39 is 27.9 Å². The van der Waals surface area contributed by atoms with Crippen molar-refractivity contribution in [3.8, 4) is 0 Å². The molecule has 9 nitrogen and oxygen atoms in total. The standard InChI is InChI=1S/C27H27ClN4O5S2/c1-17-21(32-13-5-10-25(32)33)8-4-9-23(17)39(36,37)30-20(14-29-26(34)22-11-12-24(28)38-22)27(35)31-15-18-6-2-3-7-19(18)16-31/h2-4,6-9,11-12,20,30H,5,10,13-16H2,1H3,(H,29,34)/t20-/m0/s1. The minimum atomic E-state index is -4.22. The zero-order valence-electron chi connectivity index (χ0n) is 21.1. The molecule has 39 heavy (non-hydrogen) atoms. The number of nitrogens with one attached hydrogen (secondary N) is 2. The molecule has 0 bridgehead atoms. The number of anilines is 1. The van der Waals surface area contributed by atoms with E-state index in [4.69, 9.17) is 11.6 Å². The van der Waals surface area contributed by atoms with Gasteiger partial charge < -0.3 is 15.1 Å². The van der Waals surface area contributed by atoms with Gasteiger partial charge in [-0.3, -0.25) is 14.4 Å². The van der Waals surface area contributed by atoms with Crippen LogP contribution in [-0.2, 0) is 32.7 Å². The van der Waals surface area contributed by atoms with Crippen LogP contribution < -0.4 is 14.9 Å². The predicted octanol–water partition coefficient (Wildman–Crippen LogP) is 3.46. The Morgan fingerprint density at radius 3 is 2.38 bits per heavy atom. The van der Waals surface area contributed by atoms with E-state index in [2.05, 4.69) is 10.0 Å². The van der Waals surface area contributed by atoms with Crippen LogP contribution in [0, 0.1) is 6.92 Å². The minimum absolute atomic E-state index is 0.0291. The van der Waals surface area contributed by atoms with Gasteiger partial charge in [0, 0.05) is 38.3 Å². The van der Waals surface area contributed by atoms with Crippen molar-refractivity contribution in [3.63, 3.8) is 0 Å². The van der Waals surface area contributed by atoms with E-state index in [9.17, 15) is 22.8 Å². The predicted molar refractivity (Wildman–Crippen MR) is 149 cm³/mol. The van der Waals surface area contributed by atoms with E-state index in [1.54, 1.807) is 41.0 Å². The first-order chi connectivity index (χ1) is 18.6. The van der Waals surface area contributed by atoms with Gasteiger partial charge >= 0.3 is 0 Å². The van der Waals surface area contributed by atoms with Crippen LogP contribution in [0.15, 0.2) is 59.5 Å². The Morgan fingerprint density at radius 2 is 1.77 bits per heavy atom. The molecule has 3 aromatic rings. The van der Waals surface area contributed by atoms with Crippen molar-refractivity contribution < 1.29 is 22.8 Å². The van der Waals surface area contributed by atoms with Crippen molar-refractivity contribution in [2.45, 2.75) is 43.8 Å². The molecule has 0 saturated carbocycles. The third kappa shape index (κ3) is 5.72. The lowest BCUT2D eigenvalue weighted by molar-refractivity contribution is -0.133. The molecule has 3 heterocycles. The highest BCUT2D eigenvalue weighted by atomic mass is 35.5. The first kappa shape index (κ1) is 27.3. The summed E-state index contributed by atoms with van der Waals surface area (Å²) in [4.78, 5) is 42.2. The molecule has 2 N–H and O–H groups in total. The fourth-order valence-electron chi connectivity index (χ4n) is 4.95. The molecular weight excluding hydrogens is 560 g/mol. The number of carbonyl (C=O) groups is 3. The number of fused-ring (bicyclic) bond motifs is 1. The summed E-state index contributed by atoms with van der Waals surface area (Å²) in [5.41, 5.74) is 2.92. The molecule has 0 aliphatic carbocycles. The molecule has 5 rings (SSSR count). The van der Waals surface area contributed by atoms with E-state index >= 15 is 0 Å². The second kappa shape index (κ2) is 11.1. The van der Waals surface area contributed by atoms with Gasteiger partial charge in [-0.2, -0.15) is 4.72 Å². The van der Waals surface area contributed by atoms with Crippen LogP contribution in [0.5, 0.6) is 0 Å².